The van der Waals surface area contributed by atoms with E-state index in [-0.39, 0.29) is 0 Å². The standard InChI is InChI=1S/C16H11BrF3NO/c17-13-5-2-6-14(10-13)21-15(22)8-7-11-3-1-4-12(9-11)16(18,19)20/h1-10H,(H,21,22). The van der Waals surface area contributed by atoms with E-state index in [2.05, 4.69) is 21.2 Å². The molecule has 0 spiro atoms. The van der Waals surface area contributed by atoms with Crippen LogP contribution in [0.4, 0.5) is 18.9 Å². The molecule has 1 N–H and O–H groups in total. The second-order valence-corrected chi connectivity index (χ2v) is 5.37. The first kappa shape index (κ1) is 16.3. The molecule has 1 amide bonds. The first-order chi connectivity index (χ1) is 10.3. The van der Waals surface area contributed by atoms with E-state index in [1.807, 2.05) is 6.07 Å². The van der Waals surface area contributed by atoms with Gasteiger partial charge in [0.05, 0.1) is 5.56 Å². The van der Waals surface area contributed by atoms with Crippen molar-refractivity contribution in [2.75, 3.05) is 5.32 Å². The lowest BCUT2D eigenvalue weighted by atomic mass is 10.1. The van der Waals surface area contributed by atoms with E-state index in [1.54, 1.807) is 18.2 Å². The van der Waals surface area contributed by atoms with Gasteiger partial charge in [-0.1, -0.05) is 34.1 Å². The molecular weight excluding hydrogens is 359 g/mol. The molecule has 0 radical (unpaired) electrons. The number of carbonyl (C=O) groups excluding carboxylic acids is 1. The van der Waals surface area contributed by atoms with Gasteiger partial charge in [-0.05, 0) is 42.0 Å². The van der Waals surface area contributed by atoms with E-state index in [0.717, 1.165) is 16.6 Å². The number of carbonyl (C=O) groups is 1. The highest BCUT2D eigenvalue weighted by molar-refractivity contribution is 9.10. The Bertz CT molecular complexity index is 711. The summed E-state index contributed by atoms with van der Waals surface area (Å²) >= 11 is 3.28. The van der Waals surface area contributed by atoms with Crippen molar-refractivity contribution in [3.8, 4) is 0 Å². The van der Waals surface area contributed by atoms with Gasteiger partial charge in [0.1, 0.15) is 0 Å². The van der Waals surface area contributed by atoms with Gasteiger partial charge in [-0.25, -0.2) is 0 Å². The number of rotatable bonds is 3. The van der Waals surface area contributed by atoms with Gasteiger partial charge in [0.2, 0.25) is 5.91 Å². The lowest BCUT2D eigenvalue weighted by Gasteiger charge is -2.06. The van der Waals surface area contributed by atoms with E-state index in [9.17, 15) is 18.0 Å². The third-order valence-corrected chi connectivity index (χ3v) is 3.23. The van der Waals surface area contributed by atoms with Crippen molar-refractivity contribution in [3.63, 3.8) is 0 Å². The van der Waals surface area contributed by atoms with Crippen LogP contribution in [0.5, 0.6) is 0 Å². The van der Waals surface area contributed by atoms with Gasteiger partial charge in [-0.2, -0.15) is 13.2 Å². The summed E-state index contributed by atoms with van der Waals surface area (Å²) in [4.78, 5) is 11.7. The van der Waals surface area contributed by atoms with E-state index >= 15 is 0 Å². The topological polar surface area (TPSA) is 29.1 Å². The second-order valence-electron chi connectivity index (χ2n) is 4.46. The fourth-order valence-electron chi connectivity index (χ4n) is 1.74. The third kappa shape index (κ3) is 4.73. The summed E-state index contributed by atoms with van der Waals surface area (Å²) < 4.78 is 38.6. The van der Waals surface area contributed by atoms with Gasteiger partial charge >= 0.3 is 6.18 Å². The SMILES string of the molecule is O=C(C=Cc1cccc(C(F)(F)F)c1)Nc1cccc(Br)c1. The number of amides is 1. The average Bonchev–Trinajstić information content (AvgIpc) is 2.45. The number of hydrogen-bond acceptors (Lipinski definition) is 1. The quantitative estimate of drug-likeness (QED) is 0.747. The Labute approximate surface area is 133 Å². The summed E-state index contributed by atoms with van der Waals surface area (Å²) in [6.45, 7) is 0. The van der Waals surface area contributed by atoms with Crippen LogP contribution in [-0.2, 0) is 11.0 Å². The molecule has 0 heterocycles. The van der Waals surface area contributed by atoms with Gasteiger partial charge in [0.25, 0.3) is 0 Å². The van der Waals surface area contributed by atoms with Crippen molar-refractivity contribution in [2.45, 2.75) is 6.18 Å². The number of alkyl halides is 3. The van der Waals surface area contributed by atoms with Crippen molar-refractivity contribution in [2.24, 2.45) is 0 Å². The van der Waals surface area contributed by atoms with Gasteiger partial charge in [0.15, 0.2) is 0 Å². The zero-order valence-corrected chi connectivity index (χ0v) is 12.8. The average molecular weight is 370 g/mol. The van der Waals surface area contributed by atoms with Crippen LogP contribution in [0.1, 0.15) is 11.1 Å². The van der Waals surface area contributed by atoms with Gasteiger partial charge in [-0.15, -0.1) is 0 Å². The van der Waals surface area contributed by atoms with E-state index in [4.69, 9.17) is 0 Å². The Morgan fingerprint density at radius 3 is 2.50 bits per heavy atom. The molecule has 2 rings (SSSR count). The lowest BCUT2D eigenvalue weighted by molar-refractivity contribution is -0.137. The molecule has 0 aliphatic heterocycles. The highest BCUT2D eigenvalue weighted by Crippen LogP contribution is 2.29. The monoisotopic (exact) mass is 369 g/mol. The molecule has 2 aromatic rings. The highest BCUT2D eigenvalue weighted by Gasteiger charge is 2.30. The molecule has 2 aromatic carbocycles. The maximum Gasteiger partial charge on any atom is 0.416 e. The number of anilines is 1. The normalized spacial score (nSPS) is 11.6. The fourth-order valence-corrected chi connectivity index (χ4v) is 2.14. The number of hydrogen-bond donors (Lipinski definition) is 1. The summed E-state index contributed by atoms with van der Waals surface area (Å²) in [5.41, 5.74) is 0.148. The van der Waals surface area contributed by atoms with Crippen molar-refractivity contribution in [3.05, 3.63) is 70.2 Å². The molecule has 0 unspecified atom stereocenters. The molecule has 0 saturated carbocycles. The smallest absolute Gasteiger partial charge is 0.322 e. The molecular formula is C16H11BrF3NO. The van der Waals surface area contributed by atoms with Crippen LogP contribution >= 0.6 is 15.9 Å². The van der Waals surface area contributed by atoms with Crippen LogP contribution < -0.4 is 5.32 Å². The molecule has 6 heteroatoms. The van der Waals surface area contributed by atoms with Gasteiger partial charge in [0, 0.05) is 16.2 Å². The molecule has 22 heavy (non-hydrogen) atoms. The maximum atomic E-state index is 12.6. The van der Waals surface area contributed by atoms with Gasteiger partial charge < -0.3 is 5.32 Å². The van der Waals surface area contributed by atoms with Crippen molar-refractivity contribution in [1.82, 2.24) is 0 Å². The minimum Gasteiger partial charge on any atom is -0.322 e. The second kappa shape index (κ2) is 6.79. The molecule has 0 aliphatic carbocycles. The Morgan fingerprint density at radius 2 is 1.82 bits per heavy atom. The van der Waals surface area contributed by atoms with E-state index < -0.39 is 17.6 Å². The van der Waals surface area contributed by atoms with Crippen molar-refractivity contribution >= 4 is 33.6 Å². The van der Waals surface area contributed by atoms with Crippen LogP contribution in [0.3, 0.4) is 0 Å². The molecule has 0 saturated heterocycles. The zero-order valence-electron chi connectivity index (χ0n) is 11.2. The van der Waals surface area contributed by atoms with E-state index in [1.165, 1.54) is 24.3 Å². The van der Waals surface area contributed by atoms with Crippen LogP contribution in [0.25, 0.3) is 6.08 Å². The molecule has 0 fully saturated rings. The summed E-state index contributed by atoms with van der Waals surface area (Å²) in [5.74, 6) is -0.421. The third-order valence-electron chi connectivity index (χ3n) is 2.73. The molecule has 114 valence electrons. The number of nitrogens with one attached hydrogen (secondary N) is 1. The molecule has 2 nitrogen and oxygen atoms in total. The lowest BCUT2D eigenvalue weighted by Crippen LogP contribution is -2.07. The van der Waals surface area contributed by atoms with Crippen LogP contribution in [-0.4, -0.2) is 5.91 Å². The van der Waals surface area contributed by atoms with Crippen LogP contribution in [0.2, 0.25) is 0 Å². The predicted octanol–water partition coefficient (Wildman–Crippen LogP) is 5.12. The Balaban J connectivity index is 2.07. The Kier molecular flexibility index (Phi) is 5.03. The summed E-state index contributed by atoms with van der Waals surface area (Å²) in [6, 6.07) is 11.8. The fraction of sp³-hybridized carbons (Fsp3) is 0.0625. The van der Waals surface area contributed by atoms with Crippen molar-refractivity contribution < 1.29 is 18.0 Å². The molecule has 0 bridgehead atoms. The Hall–Kier alpha value is -2.08. The molecule has 0 aliphatic rings. The first-order valence-electron chi connectivity index (χ1n) is 6.26. The largest absolute Gasteiger partial charge is 0.416 e. The number of benzene rings is 2. The van der Waals surface area contributed by atoms with Gasteiger partial charge in [-0.3, -0.25) is 4.79 Å². The van der Waals surface area contributed by atoms with Crippen LogP contribution in [0.15, 0.2) is 59.1 Å². The van der Waals surface area contributed by atoms with E-state index in [0.29, 0.717) is 11.3 Å². The molecule has 0 atom stereocenters. The number of halogens is 4. The Morgan fingerprint density at radius 1 is 1.09 bits per heavy atom. The minimum absolute atomic E-state index is 0.305. The predicted molar refractivity (Wildman–Crippen MR) is 83.2 cm³/mol. The molecule has 0 aromatic heterocycles. The summed E-state index contributed by atoms with van der Waals surface area (Å²) in [6.07, 6.45) is -1.87. The first-order valence-corrected chi connectivity index (χ1v) is 7.06. The maximum absolute atomic E-state index is 12.6. The zero-order chi connectivity index (χ0) is 16.2. The van der Waals surface area contributed by atoms with Crippen molar-refractivity contribution in [1.29, 1.82) is 0 Å². The minimum atomic E-state index is -4.40. The summed E-state index contributed by atoms with van der Waals surface area (Å²) in [7, 11) is 0. The van der Waals surface area contributed by atoms with Crippen LogP contribution in [0, 0.1) is 0 Å². The summed E-state index contributed by atoms with van der Waals surface area (Å²) in [5, 5.41) is 2.62. The highest BCUT2D eigenvalue weighted by atomic mass is 79.9.